The number of amides is 2. The number of rotatable bonds is 7. The van der Waals surface area contributed by atoms with Crippen LogP contribution in [-0.2, 0) is 19.1 Å². The Morgan fingerprint density at radius 3 is 2.29 bits per heavy atom. The van der Waals surface area contributed by atoms with E-state index in [1.54, 1.807) is 35.8 Å². The first-order valence-corrected chi connectivity index (χ1v) is 15.2. The van der Waals surface area contributed by atoms with Crippen LogP contribution in [0.25, 0.3) is 11.3 Å². The minimum Gasteiger partial charge on any atom is -0.469 e. The fourth-order valence-electron chi connectivity index (χ4n) is 5.51. The van der Waals surface area contributed by atoms with Crippen LogP contribution in [-0.4, -0.2) is 81.7 Å². The highest BCUT2D eigenvalue weighted by atomic mass is 16.6. The van der Waals surface area contributed by atoms with Gasteiger partial charge in [-0.15, -0.1) is 0 Å². The summed E-state index contributed by atoms with van der Waals surface area (Å²) in [7, 11) is 1.40. The van der Waals surface area contributed by atoms with E-state index in [1.807, 2.05) is 39.0 Å². The Bertz CT molecular complexity index is 1500. The summed E-state index contributed by atoms with van der Waals surface area (Å²) in [6, 6.07) is 7.42. The summed E-state index contributed by atoms with van der Waals surface area (Å²) in [5, 5.41) is 6.25. The minimum absolute atomic E-state index is 0.0980. The van der Waals surface area contributed by atoms with Gasteiger partial charge in [0.25, 0.3) is 0 Å². The molecule has 3 aromatic rings. The van der Waals surface area contributed by atoms with Crippen molar-refractivity contribution < 1.29 is 23.9 Å². The van der Waals surface area contributed by atoms with Gasteiger partial charge in [-0.2, -0.15) is 0 Å². The number of nitrogens with one attached hydrogen (secondary N) is 2. The minimum atomic E-state index is -0.546. The smallest absolute Gasteiger partial charge is 0.410 e. The van der Waals surface area contributed by atoms with Gasteiger partial charge in [0.2, 0.25) is 5.91 Å². The van der Waals surface area contributed by atoms with Crippen molar-refractivity contribution in [3.05, 3.63) is 49.1 Å². The van der Waals surface area contributed by atoms with Crippen molar-refractivity contribution >= 4 is 41.1 Å². The number of anilines is 4. The van der Waals surface area contributed by atoms with Crippen LogP contribution in [0.5, 0.6) is 0 Å². The molecule has 4 heterocycles. The second-order valence-corrected chi connectivity index (χ2v) is 12.3. The Morgan fingerprint density at radius 1 is 0.889 bits per heavy atom. The van der Waals surface area contributed by atoms with Gasteiger partial charge in [0.15, 0.2) is 0 Å². The van der Waals surface area contributed by atoms with Crippen molar-refractivity contribution in [1.29, 1.82) is 0 Å². The fraction of sp³-hybridized carbons (Fsp3) is 0.469. The molecule has 0 unspecified atom stereocenters. The summed E-state index contributed by atoms with van der Waals surface area (Å²) in [4.78, 5) is 59.4. The van der Waals surface area contributed by atoms with Crippen LogP contribution in [0.2, 0.25) is 0 Å². The third kappa shape index (κ3) is 8.43. The van der Waals surface area contributed by atoms with Gasteiger partial charge in [-0.1, -0.05) is 0 Å². The van der Waals surface area contributed by atoms with E-state index in [1.165, 1.54) is 7.11 Å². The van der Waals surface area contributed by atoms with E-state index >= 15 is 0 Å². The predicted molar refractivity (Wildman–Crippen MR) is 169 cm³/mol. The second kappa shape index (κ2) is 13.9. The van der Waals surface area contributed by atoms with E-state index in [-0.39, 0.29) is 29.8 Å². The maximum Gasteiger partial charge on any atom is 0.410 e. The van der Waals surface area contributed by atoms with Crippen molar-refractivity contribution in [2.45, 2.75) is 52.1 Å². The standard InChI is InChI=1S/C32H40N8O5/c1-32(2,3)45-31(43)40-15-13-39(14-16-40)28-17-23(9-10-35-28)25-18-24(19-26(37-25)38-27-20-33-11-12-34-27)36-29(41)21-5-7-22(8-6-21)30(42)44-4/h9-12,17-22H,5-8,13-16H2,1-4H3,(H2,34,36,37,38,41). The summed E-state index contributed by atoms with van der Waals surface area (Å²) in [6.07, 6.45) is 8.65. The molecule has 2 aliphatic rings. The largest absolute Gasteiger partial charge is 0.469 e. The molecule has 1 saturated heterocycles. The number of esters is 1. The molecular weight excluding hydrogens is 576 g/mol. The third-order valence-electron chi connectivity index (χ3n) is 7.84. The number of methoxy groups -OCH3 is 1. The monoisotopic (exact) mass is 616 g/mol. The van der Waals surface area contributed by atoms with Gasteiger partial charge in [0.1, 0.15) is 23.1 Å². The molecule has 1 saturated carbocycles. The molecule has 1 aliphatic heterocycles. The molecule has 0 bridgehead atoms. The summed E-state index contributed by atoms with van der Waals surface area (Å²) in [5.74, 6) is 1.09. The number of pyridine rings is 2. The molecule has 2 fully saturated rings. The SMILES string of the molecule is COC(=O)C1CCC(C(=O)Nc2cc(Nc3cnccn3)nc(-c3ccnc(N4CCN(C(=O)OC(C)(C)C)CC4)c3)c2)CC1. The van der Waals surface area contributed by atoms with Crippen LogP contribution in [0.3, 0.4) is 0 Å². The van der Waals surface area contributed by atoms with Gasteiger partial charge in [0.05, 0.1) is 24.9 Å². The molecular formula is C32H40N8O5. The molecule has 13 nitrogen and oxygen atoms in total. The predicted octanol–water partition coefficient (Wildman–Crippen LogP) is 4.65. The van der Waals surface area contributed by atoms with Crippen LogP contribution in [0.1, 0.15) is 46.5 Å². The number of hydrogen-bond acceptors (Lipinski definition) is 11. The lowest BCUT2D eigenvalue weighted by Gasteiger charge is -2.36. The van der Waals surface area contributed by atoms with Gasteiger partial charge in [0, 0.05) is 68.0 Å². The molecule has 5 rings (SSSR count). The van der Waals surface area contributed by atoms with Crippen molar-refractivity contribution in [2.75, 3.05) is 48.8 Å². The van der Waals surface area contributed by atoms with Crippen LogP contribution in [0, 0.1) is 11.8 Å². The van der Waals surface area contributed by atoms with Crippen LogP contribution >= 0.6 is 0 Å². The van der Waals surface area contributed by atoms with Crippen molar-refractivity contribution in [3.63, 3.8) is 0 Å². The number of carbonyl (C=O) groups is 3. The van der Waals surface area contributed by atoms with Crippen LogP contribution in [0.4, 0.5) is 27.9 Å². The number of aromatic nitrogens is 4. The van der Waals surface area contributed by atoms with E-state index in [0.717, 1.165) is 11.4 Å². The summed E-state index contributed by atoms with van der Waals surface area (Å²) in [6.45, 7) is 7.83. The zero-order chi connectivity index (χ0) is 32.0. The summed E-state index contributed by atoms with van der Waals surface area (Å²) in [5.41, 5.74) is 1.47. The van der Waals surface area contributed by atoms with Crippen LogP contribution < -0.4 is 15.5 Å². The van der Waals surface area contributed by atoms with E-state index in [0.29, 0.717) is 74.9 Å². The maximum absolute atomic E-state index is 13.3. The first-order chi connectivity index (χ1) is 21.6. The highest BCUT2D eigenvalue weighted by Gasteiger charge is 2.31. The lowest BCUT2D eigenvalue weighted by Crippen LogP contribution is -2.50. The number of piperazine rings is 1. The van der Waals surface area contributed by atoms with E-state index in [2.05, 4.69) is 30.5 Å². The number of hydrogen-bond donors (Lipinski definition) is 2. The maximum atomic E-state index is 13.3. The van der Waals surface area contributed by atoms with Gasteiger partial charge < -0.3 is 29.9 Å². The lowest BCUT2D eigenvalue weighted by molar-refractivity contribution is -0.147. The van der Waals surface area contributed by atoms with Gasteiger partial charge in [-0.05, 0) is 64.7 Å². The fourth-order valence-corrected chi connectivity index (χ4v) is 5.51. The molecule has 0 aromatic carbocycles. The van der Waals surface area contributed by atoms with Crippen molar-refractivity contribution in [3.8, 4) is 11.3 Å². The number of carbonyl (C=O) groups excluding carboxylic acids is 3. The zero-order valence-electron chi connectivity index (χ0n) is 26.2. The molecule has 0 atom stereocenters. The summed E-state index contributed by atoms with van der Waals surface area (Å²) >= 11 is 0. The molecule has 13 heteroatoms. The van der Waals surface area contributed by atoms with Gasteiger partial charge in [-0.3, -0.25) is 14.6 Å². The molecule has 3 aromatic heterocycles. The van der Waals surface area contributed by atoms with Gasteiger partial charge >= 0.3 is 12.1 Å². The Balaban J connectivity index is 1.33. The average Bonchev–Trinajstić information content (AvgIpc) is 3.04. The topological polar surface area (TPSA) is 152 Å². The molecule has 1 aliphatic carbocycles. The molecule has 2 N–H and O–H groups in total. The third-order valence-corrected chi connectivity index (χ3v) is 7.84. The normalized spacial score (nSPS) is 18.6. The highest BCUT2D eigenvalue weighted by molar-refractivity contribution is 5.94. The lowest BCUT2D eigenvalue weighted by atomic mass is 9.81. The molecule has 45 heavy (non-hydrogen) atoms. The Hall–Kier alpha value is -4.81. The first-order valence-electron chi connectivity index (χ1n) is 15.2. The van der Waals surface area contributed by atoms with E-state index in [9.17, 15) is 14.4 Å². The number of ether oxygens (including phenoxy) is 2. The zero-order valence-corrected chi connectivity index (χ0v) is 26.2. The van der Waals surface area contributed by atoms with Gasteiger partial charge in [-0.25, -0.2) is 19.7 Å². The Labute approximate surface area is 262 Å². The van der Waals surface area contributed by atoms with Crippen molar-refractivity contribution in [1.82, 2.24) is 24.8 Å². The van der Waals surface area contributed by atoms with E-state index in [4.69, 9.17) is 14.5 Å². The average molecular weight is 617 g/mol. The second-order valence-electron chi connectivity index (χ2n) is 12.3. The first kappa shape index (κ1) is 31.6. The molecule has 0 radical (unpaired) electrons. The molecule has 2 amide bonds. The van der Waals surface area contributed by atoms with Crippen molar-refractivity contribution in [2.24, 2.45) is 11.8 Å². The van der Waals surface area contributed by atoms with E-state index < -0.39 is 5.60 Å². The molecule has 238 valence electrons. The highest BCUT2D eigenvalue weighted by Crippen LogP contribution is 2.32. The molecule has 0 spiro atoms. The Morgan fingerprint density at radius 2 is 1.62 bits per heavy atom. The Kier molecular flexibility index (Phi) is 9.74. The van der Waals surface area contributed by atoms with Crippen LogP contribution in [0.15, 0.2) is 49.1 Å². The quantitative estimate of drug-likeness (QED) is 0.357. The summed E-state index contributed by atoms with van der Waals surface area (Å²) < 4.78 is 10.4. The number of nitrogens with zero attached hydrogens (tertiary/aromatic N) is 6.